The lowest BCUT2D eigenvalue weighted by molar-refractivity contribution is -0.274. The van der Waals surface area contributed by atoms with E-state index >= 15 is 0 Å². The Morgan fingerprint density at radius 3 is 2.32 bits per heavy atom. The highest BCUT2D eigenvalue weighted by molar-refractivity contribution is 6.08. The monoisotopic (exact) mass is 270 g/mol. The predicted octanol–water partition coefficient (Wildman–Crippen LogP) is 4.27. The molecule has 0 spiro atoms. The van der Waals surface area contributed by atoms with Crippen LogP contribution in [0.4, 0.5) is 13.2 Å². The van der Waals surface area contributed by atoms with Crippen LogP contribution < -0.4 is 4.74 Å². The van der Waals surface area contributed by atoms with Gasteiger partial charge in [-0.2, -0.15) is 0 Å². The summed E-state index contributed by atoms with van der Waals surface area (Å²) in [5.74, 6) is -0.431. The molecule has 0 radical (unpaired) electrons. The lowest BCUT2D eigenvalue weighted by atomic mass is 9.93. The van der Waals surface area contributed by atoms with Crippen molar-refractivity contribution in [3.8, 4) is 5.75 Å². The smallest absolute Gasteiger partial charge is 0.406 e. The maximum absolute atomic E-state index is 12.1. The minimum Gasteiger partial charge on any atom is -0.406 e. The van der Waals surface area contributed by atoms with E-state index in [1.54, 1.807) is 0 Å². The third-order valence-corrected chi connectivity index (χ3v) is 2.93. The van der Waals surface area contributed by atoms with Crippen LogP contribution >= 0.6 is 0 Å². The maximum atomic E-state index is 12.1. The minimum absolute atomic E-state index is 0.113. The molecule has 0 bridgehead atoms. The number of Topliss-reactive ketones (excluding diaryl/α,β-unsaturated/α-hetero) is 1. The summed E-state index contributed by atoms with van der Waals surface area (Å²) in [7, 11) is 0. The number of halogens is 3. The van der Waals surface area contributed by atoms with Crippen molar-refractivity contribution in [3.63, 3.8) is 0 Å². The Balaban J connectivity index is 2.10. The van der Waals surface area contributed by atoms with Gasteiger partial charge >= 0.3 is 6.36 Å². The first-order valence-electron chi connectivity index (χ1n) is 6.05. The number of hydrogen-bond acceptors (Lipinski definition) is 2. The van der Waals surface area contributed by atoms with Crippen molar-refractivity contribution in [2.24, 2.45) is 0 Å². The fourth-order valence-corrected chi connectivity index (χ4v) is 2.04. The Bertz CT molecular complexity index is 486. The topological polar surface area (TPSA) is 26.3 Å². The molecular formula is C14H13F3O2. The van der Waals surface area contributed by atoms with Crippen LogP contribution in [0.1, 0.15) is 36.0 Å². The maximum Gasteiger partial charge on any atom is 0.573 e. The molecule has 2 rings (SSSR count). The molecule has 1 aliphatic carbocycles. The first-order valence-corrected chi connectivity index (χ1v) is 6.05. The highest BCUT2D eigenvalue weighted by atomic mass is 19.4. The van der Waals surface area contributed by atoms with Gasteiger partial charge in [-0.3, -0.25) is 4.79 Å². The summed E-state index contributed by atoms with van der Waals surface area (Å²) in [6, 6.07) is 5.03. The number of alkyl halides is 3. The van der Waals surface area contributed by atoms with Gasteiger partial charge in [-0.15, -0.1) is 13.2 Å². The molecule has 0 unspecified atom stereocenters. The highest BCUT2D eigenvalue weighted by Crippen LogP contribution is 2.25. The molecule has 0 aromatic heterocycles. The van der Waals surface area contributed by atoms with Gasteiger partial charge in [-0.25, -0.2) is 0 Å². The number of hydrogen-bond donors (Lipinski definition) is 0. The molecule has 2 nitrogen and oxygen atoms in total. The van der Waals surface area contributed by atoms with Crippen molar-refractivity contribution in [1.29, 1.82) is 0 Å². The Hall–Kier alpha value is -1.78. The fourth-order valence-electron chi connectivity index (χ4n) is 2.04. The van der Waals surface area contributed by atoms with E-state index in [1.165, 1.54) is 12.1 Å². The SMILES string of the molecule is O=C(C1=CCCCC1)c1ccc(OC(F)(F)F)cc1. The normalized spacial score (nSPS) is 15.8. The summed E-state index contributed by atoms with van der Waals surface area (Å²) < 4.78 is 39.7. The molecule has 0 aliphatic heterocycles. The molecule has 0 heterocycles. The van der Waals surface area contributed by atoms with E-state index in [-0.39, 0.29) is 11.5 Å². The van der Waals surface area contributed by atoms with E-state index < -0.39 is 6.36 Å². The Kier molecular flexibility index (Phi) is 3.93. The molecular weight excluding hydrogens is 257 g/mol. The molecule has 0 atom stereocenters. The number of ketones is 1. The molecule has 1 aromatic rings. The van der Waals surface area contributed by atoms with Crippen LogP contribution in [0.15, 0.2) is 35.9 Å². The molecule has 19 heavy (non-hydrogen) atoms. The summed E-state index contributed by atoms with van der Waals surface area (Å²) >= 11 is 0. The average molecular weight is 270 g/mol. The number of benzene rings is 1. The highest BCUT2D eigenvalue weighted by Gasteiger charge is 2.31. The molecule has 102 valence electrons. The zero-order valence-electron chi connectivity index (χ0n) is 10.2. The number of ether oxygens (including phenoxy) is 1. The van der Waals surface area contributed by atoms with Gasteiger partial charge < -0.3 is 4.74 Å². The first kappa shape index (κ1) is 13.6. The van der Waals surface area contributed by atoms with Gasteiger partial charge in [0.25, 0.3) is 0 Å². The predicted molar refractivity (Wildman–Crippen MR) is 64.0 cm³/mol. The molecule has 0 fully saturated rings. The summed E-state index contributed by atoms with van der Waals surface area (Å²) in [5.41, 5.74) is 1.14. The van der Waals surface area contributed by atoms with E-state index in [0.717, 1.165) is 43.4 Å². The third-order valence-electron chi connectivity index (χ3n) is 2.93. The molecule has 0 saturated heterocycles. The Morgan fingerprint density at radius 2 is 1.79 bits per heavy atom. The fraction of sp³-hybridized carbons (Fsp3) is 0.357. The molecule has 0 saturated carbocycles. The summed E-state index contributed by atoms with van der Waals surface area (Å²) in [6.07, 6.45) is 0.876. The van der Waals surface area contributed by atoms with E-state index in [1.807, 2.05) is 6.08 Å². The molecule has 5 heteroatoms. The van der Waals surface area contributed by atoms with Crippen LogP contribution in [-0.4, -0.2) is 12.1 Å². The van der Waals surface area contributed by atoms with Crippen molar-refractivity contribution < 1.29 is 22.7 Å². The number of carbonyl (C=O) groups excluding carboxylic acids is 1. The molecule has 0 N–H and O–H groups in total. The van der Waals surface area contributed by atoms with Crippen LogP contribution in [0.5, 0.6) is 5.75 Å². The quantitative estimate of drug-likeness (QED) is 0.767. The van der Waals surface area contributed by atoms with Crippen molar-refractivity contribution >= 4 is 5.78 Å². The van der Waals surface area contributed by atoms with Gasteiger partial charge in [0.05, 0.1) is 0 Å². The van der Waals surface area contributed by atoms with Crippen LogP contribution in [0, 0.1) is 0 Å². The zero-order valence-corrected chi connectivity index (χ0v) is 10.2. The van der Waals surface area contributed by atoms with Crippen molar-refractivity contribution in [3.05, 3.63) is 41.5 Å². The average Bonchev–Trinajstić information content (AvgIpc) is 2.38. The van der Waals surface area contributed by atoms with Gasteiger partial charge in [-0.1, -0.05) is 6.08 Å². The molecule has 1 aromatic carbocycles. The number of rotatable bonds is 3. The van der Waals surface area contributed by atoms with Gasteiger partial charge in [0.15, 0.2) is 5.78 Å². The van der Waals surface area contributed by atoms with Gasteiger partial charge in [0.2, 0.25) is 0 Å². The van der Waals surface area contributed by atoms with Gasteiger partial charge in [-0.05, 0) is 55.5 Å². The van der Waals surface area contributed by atoms with Crippen LogP contribution in [0.25, 0.3) is 0 Å². The Morgan fingerprint density at radius 1 is 1.11 bits per heavy atom. The largest absolute Gasteiger partial charge is 0.573 e. The van der Waals surface area contributed by atoms with Gasteiger partial charge in [0.1, 0.15) is 5.75 Å². The summed E-state index contributed by atoms with van der Waals surface area (Å²) in [5, 5.41) is 0. The van der Waals surface area contributed by atoms with E-state index in [0.29, 0.717) is 5.56 Å². The van der Waals surface area contributed by atoms with Crippen molar-refractivity contribution in [1.82, 2.24) is 0 Å². The second-order valence-electron chi connectivity index (χ2n) is 4.38. The third kappa shape index (κ3) is 3.84. The summed E-state index contributed by atoms with van der Waals surface area (Å²) in [4.78, 5) is 12.1. The minimum atomic E-state index is -4.71. The van der Waals surface area contributed by atoms with E-state index in [4.69, 9.17) is 0 Å². The number of allylic oxidation sites excluding steroid dienone is 2. The van der Waals surface area contributed by atoms with Crippen LogP contribution in [0.2, 0.25) is 0 Å². The lowest BCUT2D eigenvalue weighted by Gasteiger charge is -2.12. The second-order valence-corrected chi connectivity index (χ2v) is 4.38. The van der Waals surface area contributed by atoms with Crippen molar-refractivity contribution in [2.75, 3.05) is 0 Å². The zero-order chi connectivity index (χ0) is 13.9. The van der Waals surface area contributed by atoms with Crippen LogP contribution in [-0.2, 0) is 0 Å². The molecule has 0 amide bonds. The lowest BCUT2D eigenvalue weighted by Crippen LogP contribution is -2.17. The van der Waals surface area contributed by atoms with E-state index in [9.17, 15) is 18.0 Å². The van der Waals surface area contributed by atoms with Crippen molar-refractivity contribution in [2.45, 2.75) is 32.0 Å². The first-order chi connectivity index (χ1) is 8.96. The standard InChI is InChI=1S/C14H13F3O2/c15-14(16,17)19-12-8-6-11(7-9-12)13(18)10-4-2-1-3-5-10/h4,6-9H,1-3,5H2. The number of carbonyl (C=O) groups is 1. The van der Waals surface area contributed by atoms with E-state index in [2.05, 4.69) is 4.74 Å². The Labute approximate surface area is 108 Å². The van der Waals surface area contributed by atoms with Crippen LogP contribution in [0.3, 0.4) is 0 Å². The second kappa shape index (κ2) is 5.47. The molecule has 1 aliphatic rings. The summed E-state index contributed by atoms with van der Waals surface area (Å²) in [6.45, 7) is 0. The van der Waals surface area contributed by atoms with Gasteiger partial charge in [0, 0.05) is 5.56 Å².